The first kappa shape index (κ1) is 21.4. The van der Waals surface area contributed by atoms with E-state index in [2.05, 4.69) is 5.10 Å². The zero-order valence-corrected chi connectivity index (χ0v) is 18.2. The van der Waals surface area contributed by atoms with Crippen LogP contribution >= 0.6 is 23.2 Å². The van der Waals surface area contributed by atoms with Crippen LogP contribution < -0.4 is 9.74 Å². The van der Waals surface area contributed by atoms with E-state index in [0.717, 1.165) is 15.8 Å². The number of aryl methyl sites for hydroxylation is 1. The van der Waals surface area contributed by atoms with Crippen molar-refractivity contribution < 1.29 is 12.6 Å². The van der Waals surface area contributed by atoms with Crippen LogP contribution in [0.15, 0.2) is 58.4 Å². The number of aromatic nitrogens is 2. The van der Waals surface area contributed by atoms with Crippen molar-refractivity contribution in [1.82, 2.24) is 9.78 Å². The van der Waals surface area contributed by atoms with E-state index in [1.54, 1.807) is 12.1 Å². The highest BCUT2D eigenvalue weighted by atomic mass is 35.5. The van der Waals surface area contributed by atoms with Crippen LogP contribution in [0.2, 0.25) is 10.0 Å². The topological polar surface area (TPSA) is 78.3 Å². The minimum atomic E-state index is -4.05. The zero-order valence-electron chi connectivity index (χ0n) is 15.9. The first-order valence-corrected chi connectivity index (χ1v) is 10.8. The Labute approximate surface area is 178 Å². The van der Waals surface area contributed by atoms with E-state index >= 15 is 0 Å². The average molecular weight is 453 g/mol. The predicted octanol–water partition coefficient (Wildman–Crippen LogP) is 4.74. The summed E-state index contributed by atoms with van der Waals surface area (Å²) < 4.78 is 31.7. The summed E-state index contributed by atoms with van der Waals surface area (Å²) in [5, 5.41) is 3.79. The Bertz CT molecular complexity index is 1220. The van der Waals surface area contributed by atoms with Gasteiger partial charge in [-0.2, -0.15) is 18.2 Å². The highest BCUT2D eigenvalue weighted by molar-refractivity contribution is 7.87. The molecule has 0 unspecified atom stereocenters. The molecule has 9 heteroatoms. The van der Waals surface area contributed by atoms with E-state index in [9.17, 15) is 13.2 Å². The number of rotatable bonds is 5. The van der Waals surface area contributed by atoms with E-state index < -0.39 is 15.7 Å². The number of hydrogen-bond acceptors (Lipinski definition) is 5. The van der Waals surface area contributed by atoms with Crippen LogP contribution in [0.4, 0.5) is 0 Å². The maximum absolute atomic E-state index is 12.7. The lowest BCUT2D eigenvalue weighted by molar-refractivity contribution is 0.485. The summed E-state index contributed by atoms with van der Waals surface area (Å²) in [5.74, 6) is 0.483. The number of benzene rings is 2. The van der Waals surface area contributed by atoms with E-state index in [0.29, 0.717) is 5.69 Å². The molecule has 0 saturated heterocycles. The van der Waals surface area contributed by atoms with Gasteiger partial charge in [0.2, 0.25) is 0 Å². The normalized spacial score (nSPS) is 11.7. The van der Waals surface area contributed by atoms with Crippen molar-refractivity contribution >= 4 is 33.3 Å². The molecule has 0 atom stereocenters. The van der Waals surface area contributed by atoms with Crippen LogP contribution in [0.3, 0.4) is 0 Å². The summed E-state index contributed by atoms with van der Waals surface area (Å²) in [6.07, 6.45) is 1.24. The van der Waals surface area contributed by atoms with Gasteiger partial charge in [0.15, 0.2) is 0 Å². The van der Waals surface area contributed by atoms with Gasteiger partial charge in [0.25, 0.3) is 5.56 Å². The Morgan fingerprint density at radius 1 is 1.07 bits per heavy atom. The minimum absolute atomic E-state index is 0.0411. The summed E-state index contributed by atoms with van der Waals surface area (Å²) in [7, 11) is -4.05. The number of nitrogens with zero attached hydrogens (tertiary/aromatic N) is 2. The van der Waals surface area contributed by atoms with Crippen molar-refractivity contribution in [2.24, 2.45) is 0 Å². The second kappa shape index (κ2) is 8.18. The molecule has 0 spiro atoms. The molecule has 1 heterocycles. The molecule has 3 rings (SSSR count). The fraction of sp³-hybridized carbons (Fsp3) is 0.200. The van der Waals surface area contributed by atoms with Gasteiger partial charge in [0.1, 0.15) is 15.7 Å². The first-order chi connectivity index (χ1) is 13.6. The van der Waals surface area contributed by atoms with E-state index in [-0.39, 0.29) is 26.6 Å². The van der Waals surface area contributed by atoms with Gasteiger partial charge >= 0.3 is 10.1 Å². The van der Waals surface area contributed by atoms with Crippen LogP contribution in [-0.2, 0) is 10.1 Å². The molecular weight excluding hydrogens is 435 g/mol. The van der Waals surface area contributed by atoms with Crippen molar-refractivity contribution in [1.29, 1.82) is 0 Å². The summed E-state index contributed by atoms with van der Waals surface area (Å²) in [6, 6.07) is 10.9. The second-order valence-electron chi connectivity index (χ2n) is 6.79. The van der Waals surface area contributed by atoms with Gasteiger partial charge < -0.3 is 4.18 Å². The molecule has 0 aliphatic rings. The third kappa shape index (κ3) is 4.63. The van der Waals surface area contributed by atoms with Gasteiger partial charge in [-0.1, -0.05) is 43.1 Å². The Morgan fingerprint density at radius 2 is 1.72 bits per heavy atom. The van der Waals surface area contributed by atoms with Gasteiger partial charge in [-0.25, -0.2) is 0 Å². The molecule has 1 aromatic heterocycles. The van der Waals surface area contributed by atoms with Gasteiger partial charge in [0, 0.05) is 0 Å². The number of hydrogen-bond donors (Lipinski definition) is 0. The molecule has 29 heavy (non-hydrogen) atoms. The van der Waals surface area contributed by atoms with E-state index in [4.69, 9.17) is 27.4 Å². The Kier molecular flexibility index (Phi) is 6.03. The Hall–Kier alpha value is -2.35. The molecule has 0 saturated carbocycles. The molecule has 3 aromatic rings. The minimum Gasteiger partial charge on any atom is -0.379 e. The predicted molar refractivity (Wildman–Crippen MR) is 113 cm³/mol. The third-order valence-electron chi connectivity index (χ3n) is 4.19. The molecule has 0 radical (unpaired) electrons. The van der Waals surface area contributed by atoms with Gasteiger partial charge in [-0.3, -0.25) is 4.79 Å². The van der Waals surface area contributed by atoms with Crippen LogP contribution in [0, 0.1) is 6.92 Å². The largest absolute Gasteiger partial charge is 0.379 e. The Morgan fingerprint density at radius 3 is 2.34 bits per heavy atom. The van der Waals surface area contributed by atoms with Crippen molar-refractivity contribution in [2.75, 3.05) is 0 Å². The van der Waals surface area contributed by atoms with Crippen molar-refractivity contribution in [3.05, 3.63) is 80.2 Å². The fourth-order valence-corrected chi connectivity index (χ4v) is 3.85. The summed E-state index contributed by atoms with van der Waals surface area (Å²) >= 11 is 11.6. The second-order valence-corrected chi connectivity index (χ2v) is 9.12. The van der Waals surface area contributed by atoms with Gasteiger partial charge in [-0.05, 0) is 60.4 Å². The lowest BCUT2D eigenvalue weighted by atomic mass is 10.0. The molecule has 2 aromatic carbocycles. The van der Waals surface area contributed by atoms with Crippen molar-refractivity contribution in [3.8, 4) is 11.4 Å². The lowest BCUT2D eigenvalue weighted by Crippen LogP contribution is -2.21. The molecule has 0 bridgehead atoms. The molecule has 0 N–H and O–H groups in total. The smallest absolute Gasteiger partial charge is 0.339 e. The van der Waals surface area contributed by atoms with Crippen LogP contribution in [-0.4, -0.2) is 18.2 Å². The first-order valence-electron chi connectivity index (χ1n) is 8.68. The standard InChI is InChI=1S/C20H18Cl2N2O4S/c1-12(2)14-8-13(3)9-16(10-14)28-29(26,27)17-6-4-15(5-7-17)24-20(25)19(22)18(21)11-23-24/h4-12H,1-3H3. The third-order valence-corrected chi connectivity index (χ3v) is 6.20. The molecule has 0 aliphatic heterocycles. The molecule has 6 nitrogen and oxygen atoms in total. The summed E-state index contributed by atoms with van der Waals surface area (Å²) in [4.78, 5) is 12.1. The van der Waals surface area contributed by atoms with Crippen LogP contribution in [0.5, 0.6) is 5.75 Å². The van der Waals surface area contributed by atoms with Crippen LogP contribution in [0.1, 0.15) is 30.9 Å². The SMILES string of the molecule is Cc1cc(OS(=O)(=O)c2ccc(-n3ncc(Cl)c(Cl)c3=O)cc2)cc(C(C)C)c1. The quantitative estimate of drug-likeness (QED) is 0.522. The van der Waals surface area contributed by atoms with Crippen LogP contribution in [0.25, 0.3) is 5.69 Å². The monoisotopic (exact) mass is 452 g/mol. The lowest BCUT2D eigenvalue weighted by Gasteiger charge is -2.12. The molecule has 152 valence electrons. The Balaban J connectivity index is 1.92. The maximum atomic E-state index is 12.7. The van der Waals surface area contributed by atoms with Crippen molar-refractivity contribution in [3.63, 3.8) is 0 Å². The van der Waals surface area contributed by atoms with Crippen molar-refractivity contribution in [2.45, 2.75) is 31.6 Å². The fourth-order valence-electron chi connectivity index (χ4n) is 2.68. The zero-order chi connectivity index (χ0) is 21.3. The van der Waals surface area contributed by atoms with E-state index in [1.165, 1.54) is 30.5 Å². The molecule has 0 aliphatic carbocycles. The summed E-state index contributed by atoms with van der Waals surface area (Å²) in [5.41, 5.74) is 1.62. The molecule has 0 amide bonds. The highest BCUT2D eigenvalue weighted by Gasteiger charge is 2.18. The molecular formula is C20H18Cl2N2O4S. The maximum Gasteiger partial charge on any atom is 0.339 e. The average Bonchev–Trinajstić information content (AvgIpc) is 2.65. The van der Waals surface area contributed by atoms with Gasteiger partial charge in [0.05, 0.1) is 16.9 Å². The number of halogens is 2. The van der Waals surface area contributed by atoms with Gasteiger partial charge in [-0.15, -0.1) is 0 Å². The summed E-state index contributed by atoms with van der Waals surface area (Å²) in [6.45, 7) is 5.91. The van der Waals surface area contributed by atoms with E-state index in [1.807, 2.05) is 26.8 Å². The highest BCUT2D eigenvalue weighted by Crippen LogP contribution is 2.26. The molecule has 0 fully saturated rings.